The third-order valence-electron chi connectivity index (χ3n) is 0.918. The van der Waals surface area contributed by atoms with Crippen LogP contribution in [0.25, 0.3) is 0 Å². The first-order chi connectivity index (χ1) is 4.81. The normalized spacial score (nSPS) is 10.6. The van der Waals surface area contributed by atoms with Gasteiger partial charge in [-0.15, -0.1) is 0 Å². The lowest BCUT2D eigenvalue weighted by Crippen LogP contribution is -2.39. The molecule has 11 heavy (non-hydrogen) atoms. The standard InChI is InChI=1S/C9H17NO/c1-7(2)6-8(11)10-9(3,4)5/h6H,1-5H3,(H,10,11). The van der Waals surface area contributed by atoms with Gasteiger partial charge in [-0.1, -0.05) is 5.57 Å². The zero-order valence-electron chi connectivity index (χ0n) is 7.99. The van der Waals surface area contributed by atoms with E-state index >= 15 is 0 Å². The van der Waals surface area contributed by atoms with Crippen LogP contribution in [0, 0.1) is 0 Å². The Balaban J connectivity index is 4.00. The molecule has 2 nitrogen and oxygen atoms in total. The summed E-state index contributed by atoms with van der Waals surface area (Å²) in [6, 6.07) is 0. The Bertz CT molecular complexity index is 170. The van der Waals surface area contributed by atoms with E-state index in [2.05, 4.69) is 5.32 Å². The van der Waals surface area contributed by atoms with E-state index in [9.17, 15) is 4.79 Å². The Morgan fingerprint density at radius 2 is 1.73 bits per heavy atom. The van der Waals surface area contributed by atoms with Crippen LogP contribution in [0.3, 0.4) is 0 Å². The van der Waals surface area contributed by atoms with E-state index < -0.39 is 0 Å². The van der Waals surface area contributed by atoms with Gasteiger partial charge in [0.25, 0.3) is 0 Å². The molecule has 0 spiro atoms. The number of carbonyl (C=O) groups excluding carboxylic acids is 1. The zero-order valence-corrected chi connectivity index (χ0v) is 7.99. The van der Waals surface area contributed by atoms with Gasteiger partial charge < -0.3 is 5.32 Å². The molecule has 0 aromatic heterocycles. The molecule has 64 valence electrons. The van der Waals surface area contributed by atoms with Gasteiger partial charge in [-0.25, -0.2) is 0 Å². The van der Waals surface area contributed by atoms with Gasteiger partial charge >= 0.3 is 0 Å². The molecular formula is C9H17NO. The number of rotatable bonds is 1. The maximum Gasteiger partial charge on any atom is 0.244 e. The second-order valence-electron chi connectivity index (χ2n) is 3.96. The first kappa shape index (κ1) is 10.2. The van der Waals surface area contributed by atoms with Gasteiger partial charge in [0.1, 0.15) is 0 Å². The third-order valence-corrected chi connectivity index (χ3v) is 0.918. The summed E-state index contributed by atoms with van der Waals surface area (Å²) < 4.78 is 0. The van der Waals surface area contributed by atoms with Crippen molar-refractivity contribution in [3.8, 4) is 0 Å². The largest absolute Gasteiger partial charge is 0.348 e. The van der Waals surface area contributed by atoms with Crippen molar-refractivity contribution in [3.63, 3.8) is 0 Å². The number of allylic oxidation sites excluding steroid dienone is 1. The second kappa shape index (κ2) is 3.56. The zero-order chi connectivity index (χ0) is 9.07. The van der Waals surface area contributed by atoms with E-state index in [1.165, 1.54) is 0 Å². The average molecular weight is 155 g/mol. The van der Waals surface area contributed by atoms with Crippen molar-refractivity contribution >= 4 is 5.91 Å². The molecule has 0 saturated carbocycles. The number of hydrogen-bond donors (Lipinski definition) is 1. The molecule has 0 aliphatic rings. The Labute approximate surface area is 68.7 Å². The lowest BCUT2D eigenvalue weighted by molar-refractivity contribution is -0.117. The summed E-state index contributed by atoms with van der Waals surface area (Å²) in [5.74, 6) is -0.0162. The fourth-order valence-electron chi connectivity index (χ4n) is 0.668. The summed E-state index contributed by atoms with van der Waals surface area (Å²) in [5.41, 5.74) is 0.884. The van der Waals surface area contributed by atoms with E-state index in [1.54, 1.807) is 6.08 Å². The Morgan fingerprint density at radius 3 is 2.00 bits per heavy atom. The van der Waals surface area contributed by atoms with Crippen LogP contribution >= 0.6 is 0 Å². The van der Waals surface area contributed by atoms with Crippen LogP contribution in [-0.4, -0.2) is 11.4 Å². The lowest BCUT2D eigenvalue weighted by atomic mass is 10.1. The van der Waals surface area contributed by atoms with E-state index in [-0.39, 0.29) is 11.4 Å². The molecule has 0 aromatic carbocycles. The molecule has 0 saturated heterocycles. The molecule has 0 fully saturated rings. The molecule has 0 radical (unpaired) electrons. The summed E-state index contributed by atoms with van der Waals surface area (Å²) >= 11 is 0. The van der Waals surface area contributed by atoms with Crippen LogP contribution in [-0.2, 0) is 4.79 Å². The van der Waals surface area contributed by atoms with E-state index in [1.807, 2.05) is 34.6 Å². The molecule has 0 aromatic rings. The monoisotopic (exact) mass is 155 g/mol. The van der Waals surface area contributed by atoms with Gasteiger partial charge in [0.15, 0.2) is 0 Å². The van der Waals surface area contributed by atoms with E-state index in [4.69, 9.17) is 0 Å². The summed E-state index contributed by atoms with van der Waals surface area (Å²) in [6.07, 6.45) is 1.60. The van der Waals surface area contributed by atoms with Crippen molar-refractivity contribution in [3.05, 3.63) is 11.6 Å². The molecule has 0 bridgehead atoms. The lowest BCUT2D eigenvalue weighted by Gasteiger charge is -2.19. The first-order valence-electron chi connectivity index (χ1n) is 3.78. The molecular weight excluding hydrogens is 138 g/mol. The van der Waals surface area contributed by atoms with Crippen molar-refractivity contribution < 1.29 is 4.79 Å². The van der Waals surface area contributed by atoms with Crippen LogP contribution in [0.1, 0.15) is 34.6 Å². The van der Waals surface area contributed by atoms with Gasteiger partial charge in [-0.3, -0.25) is 4.79 Å². The molecule has 0 unspecified atom stereocenters. The minimum atomic E-state index is -0.136. The Kier molecular flexibility index (Phi) is 3.30. The SMILES string of the molecule is CC(C)=CC(=O)NC(C)(C)C. The predicted molar refractivity (Wildman–Crippen MR) is 47.3 cm³/mol. The smallest absolute Gasteiger partial charge is 0.244 e. The quantitative estimate of drug-likeness (QED) is 0.575. The molecule has 0 atom stereocenters. The fraction of sp³-hybridized carbons (Fsp3) is 0.667. The fourth-order valence-corrected chi connectivity index (χ4v) is 0.668. The highest BCUT2D eigenvalue weighted by molar-refractivity contribution is 5.88. The summed E-state index contributed by atoms with van der Waals surface area (Å²) in [5, 5.41) is 2.84. The van der Waals surface area contributed by atoms with Crippen molar-refractivity contribution in [1.82, 2.24) is 5.32 Å². The molecule has 0 rings (SSSR count). The molecule has 0 aliphatic carbocycles. The van der Waals surface area contributed by atoms with E-state index in [0.717, 1.165) is 5.57 Å². The maximum absolute atomic E-state index is 11.1. The van der Waals surface area contributed by atoms with Crippen LogP contribution in [0.4, 0.5) is 0 Å². The van der Waals surface area contributed by atoms with Crippen molar-refractivity contribution in [1.29, 1.82) is 0 Å². The highest BCUT2D eigenvalue weighted by Gasteiger charge is 2.10. The Morgan fingerprint density at radius 1 is 1.27 bits per heavy atom. The molecule has 1 amide bonds. The van der Waals surface area contributed by atoms with Crippen molar-refractivity contribution in [2.75, 3.05) is 0 Å². The second-order valence-corrected chi connectivity index (χ2v) is 3.96. The third kappa shape index (κ3) is 7.10. The van der Waals surface area contributed by atoms with Crippen LogP contribution in [0.2, 0.25) is 0 Å². The number of carbonyl (C=O) groups is 1. The highest BCUT2D eigenvalue weighted by atomic mass is 16.1. The van der Waals surface area contributed by atoms with Crippen molar-refractivity contribution in [2.24, 2.45) is 0 Å². The van der Waals surface area contributed by atoms with Crippen LogP contribution < -0.4 is 5.32 Å². The van der Waals surface area contributed by atoms with Crippen molar-refractivity contribution in [2.45, 2.75) is 40.2 Å². The van der Waals surface area contributed by atoms with Gasteiger partial charge in [0, 0.05) is 11.6 Å². The first-order valence-corrected chi connectivity index (χ1v) is 3.78. The van der Waals surface area contributed by atoms with Crippen LogP contribution in [0.5, 0.6) is 0 Å². The highest BCUT2D eigenvalue weighted by Crippen LogP contribution is 1.99. The number of nitrogens with one attached hydrogen (secondary N) is 1. The average Bonchev–Trinajstić information content (AvgIpc) is 1.53. The topological polar surface area (TPSA) is 29.1 Å². The van der Waals surface area contributed by atoms with Gasteiger partial charge in [0.2, 0.25) is 5.91 Å². The van der Waals surface area contributed by atoms with Gasteiger partial charge in [0.05, 0.1) is 0 Å². The summed E-state index contributed by atoms with van der Waals surface area (Å²) in [7, 11) is 0. The summed E-state index contributed by atoms with van der Waals surface area (Å²) in [4.78, 5) is 11.1. The minimum Gasteiger partial charge on any atom is -0.348 e. The molecule has 0 heterocycles. The number of amides is 1. The minimum absolute atomic E-state index is 0.0162. The molecule has 1 N–H and O–H groups in total. The van der Waals surface area contributed by atoms with Gasteiger partial charge in [-0.2, -0.15) is 0 Å². The molecule has 0 aliphatic heterocycles. The van der Waals surface area contributed by atoms with E-state index in [0.29, 0.717) is 0 Å². The van der Waals surface area contributed by atoms with Crippen LogP contribution in [0.15, 0.2) is 11.6 Å². The Hall–Kier alpha value is -0.790. The number of hydrogen-bond acceptors (Lipinski definition) is 1. The maximum atomic E-state index is 11.1. The summed E-state index contributed by atoms with van der Waals surface area (Å²) in [6.45, 7) is 9.70. The van der Waals surface area contributed by atoms with Gasteiger partial charge in [-0.05, 0) is 34.6 Å². The molecule has 2 heteroatoms. The predicted octanol–water partition coefficient (Wildman–Crippen LogP) is 1.87.